The van der Waals surface area contributed by atoms with Crippen molar-refractivity contribution in [2.75, 3.05) is 6.54 Å². The first kappa shape index (κ1) is 10.9. The summed E-state index contributed by atoms with van der Waals surface area (Å²) in [5.74, 6) is 0.221. The van der Waals surface area contributed by atoms with Crippen molar-refractivity contribution < 1.29 is 4.79 Å². The van der Waals surface area contributed by atoms with Gasteiger partial charge in [0.1, 0.15) is 0 Å². The third kappa shape index (κ3) is 2.71. The molecule has 0 spiro atoms. The van der Waals surface area contributed by atoms with Gasteiger partial charge < -0.3 is 10.6 Å². The van der Waals surface area contributed by atoms with Crippen molar-refractivity contribution in [3.63, 3.8) is 0 Å². The Morgan fingerprint density at radius 1 is 1.27 bits per heavy atom. The highest BCUT2D eigenvalue weighted by atomic mass is 16.2. The van der Waals surface area contributed by atoms with Gasteiger partial charge in [-0.05, 0) is 39.2 Å². The third-order valence-electron chi connectivity index (χ3n) is 3.76. The molecule has 1 amide bonds. The molecule has 1 aliphatic heterocycles. The lowest BCUT2D eigenvalue weighted by molar-refractivity contribution is -0.125. The second-order valence-electron chi connectivity index (χ2n) is 5.26. The average molecular weight is 210 g/mol. The molecule has 0 unspecified atom stereocenters. The third-order valence-corrected chi connectivity index (χ3v) is 3.76. The van der Waals surface area contributed by atoms with Gasteiger partial charge in [-0.25, -0.2) is 0 Å². The molecule has 0 radical (unpaired) electrons. The number of rotatable bonds is 2. The molecular formula is C12H22N2O. The lowest BCUT2D eigenvalue weighted by atomic mass is 9.98. The van der Waals surface area contributed by atoms with Crippen LogP contribution in [0.2, 0.25) is 0 Å². The smallest absolute Gasteiger partial charge is 0.237 e. The van der Waals surface area contributed by atoms with Gasteiger partial charge in [-0.15, -0.1) is 0 Å². The number of nitrogens with one attached hydrogen (secondary N) is 2. The maximum absolute atomic E-state index is 12.0. The monoisotopic (exact) mass is 210 g/mol. The van der Waals surface area contributed by atoms with Crippen molar-refractivity contribution in [3.05, 3.63) is 0 Å². The Morgan fingerprint density at radius 3 is 2.60 bits per heavy atom. The molecule has 2 N–H and O–H groups in total. The number of hydrogen-bond donors (Lipinski definition) is 2. The quantitative estimate of drug-likeness (QED) is 0.726. The van der Waals surface area contributed by atoms with Crippen LogP contribution in [0.3, 0.4) is 0 Å². The topological polar surface area (TPSA) is 41.1 Å². The largest absolute Gasteiger partial charge is 0.350 e. The molecule has 0 aromatic heterocycles. The molecule has 15 heavy (non-hydrogen) atoms. The molecule has 3 heteroatoms. The fourth-order valence-electron chi connectivity index (χ4n) is 2.74. The highest BCUT2D eigenvalue weighted by Crippen LogP contribution is 2.29. The lowest BCUT2D eigenvalue weighted by Crippen LogP contribution is -2.53. The molecule has 3 nitrogen and oxygen atoms in total. The number of carbonyl (C=O) groups is 1. The van der Waals surface area contributed by atoms with E-state index in [1.165, 1.54) is 25.7 Å². The Hall–Kier alpha value is -0.570. The minimum absolute atomic E-state index is 0.0659. The molecule has 2 fully saturated rings. The van der Waals surface area contributed by atoms with Gasteiger partial charge >= 0.3 is 0 Å². The molecule has 0 aromatic rings. The second-order valence-corrected chi connectivity index (χ2v) is 5.26. The molecule has 0 bridgehead atoms. The minimum atomic E-state index is 0.0659. The summed E-state index contributed by atoms with van der Waals surface area (Å²) in [6.07, 6.45) is 8.20. The zero-order valence-corrected chi connectivity index (χ0v) is 9.64. The maximum atomic E-state index is 12.0. The van der Waals surface area contributed by atoms with Crippen molar-refractivity contribution in [2.24, 2.45) is 0 Å². The molecule has 1 aliphatic carbocycles. The molecule has 2 rings (SSSR count). The Bertz CT molecular complexity index is 228. The highest BCUT2D eigenvalue weighted by Gasteiger charge is 2.32. The van der Waals surface area contributed by atoms with Gasteiger partial charge in [0, 0.05) is 5.54 Å². The Balaban J connectivity index is 1.85. The minimum Gasteiger partial charge on any atom is -0.350 e. The zero-order valence-electron chi connectivity index (χ0n) is 9.64. The molecular weight excluding hydrogens is 188 g/mol. The summed E-state index contributed by atoms with van der Waals surface area (Å²) in [5, 5.41) is 6.52. The fraction of sp³-hybridized carbons (Fsp3) is 0.917. The van der Waals surface area contributed by atoms with Gasteiger partial charge in [0.15, 0.2) is 0 Å². The van der Waals surface area contributed by atoms with Crippen LogP contribution >= 0.6 is 0 Å². The fourth-order valence-corrected chi connectivity index (χ4v) is 2.74. The summed E-state index contributed by atoms with van der Waals surface area (Å²) in [7, 11) is 0. The zero-order chi connectivity index (χ0) is 10.7. The van der Waals surface area contributed by atoms with Crippen molar-refractivity contribution in [1.29, 1.82) is 0 Å². The van der Waals surface area contributed by atoms with Crippen LogP contribution in [0.25, 0.3) is 0 Å². The van der Waals surface area contributed by atoms with Crippen LogP contribution in [-0.2, 0) is 4.79 Å². The molecule has 2 aliphatic rings. The lowest BCUT2D eigenvalue weighted by Gasteiger charge is -2.30. The molecule has 1 saturated heterocycles. The SMILES string of the molecule is CC1(NC(=O)[C@@H]2CCCCN2)CCCC1. The van der Waals surface area contributed by atoms with E-state index < -0.39 is 0 Å². The van der Waals surface area contributed by atoms with Crippen LogP contribution in [0.5, 0.6) is 0 Å². The summed E-state index contributed by atoms with van der Waals surface area (Å²) in [4.78, 5) is 12.0. The van der Waals surface area contributed by atoms with Gasteiger partial charge in [0.05, 0.1) is 6.04 Å². The predicted octanol–water partition coefficient (Wildman–Crippen LogP) is 1.58. The van der Waals surface area contributed by atoms with Gasteiger partial charge in [0.2, 0.25) is 5.91 Å². The van der Waals surface area contributed by atoms with Gasteiger partial charge in [-0.3, -0.25) is 4.79 Å². The summed E-state index contributed by atoms with van der Waals surface area (Å²) in [5.41, 5.74) is 0.0796. The summed E-state index contributed by atoms with van der Waals surface area (Å²) < 4.78 is 0. The summed E-state index contributed by atoms with van der Waals surface area (Å²) in [6.45, 7) is 3.18. The second kappa shape index (κ2) is 4.52. The Kier molecular flexibility index (Phi) is 3.29. The van der Waals surface area contributed by atoms with Crippen molar-refractivity contribution in [1.82, 2.24) is 10.6 Å². The van der Waals surface area contributed by atoms with E-state index in [1.54, 1.807) is 0 Å². The Labute approximate surface area is 92.0 Å². The average Bonchev–Trinajstić information content (AvgIpc) is 2.66. The van der Waals surface area contributed by atoms with E-state index >= 15 is 0 Å². The summed E-state index contributed by atoms with van der Waals surface area (Å²) in [6, 6.07) is 0.0659. The number of piperidine rings is 1. The molecule has 1 atom stereocenters. The van der Waals surface area contributed by atoms with Crippen LogP contribution in [0, 0.1) is 0 Å². The van der Waals surface area contributed by atoms with E-state index in [0.29, 0.717) is 0 Å². The highest BCUT2D eigenvalue weighted by molar-refractivity contribution is 5.82. The summed E-state index contributed by atoms with van der Waals surface area (Å²) >= 11 is 0. The van der Waals surface area contributed by atoms with Crippen LogP contribution in [0.4, 0.5) is 0 Å². The standard InChI is InChI=1S/C12H22N2O/c1-12(7-3-4-8-12)14-11(15)10-6-2-5-9-13-10/h10,13H,2-9H2,1H3,(H,14,15)/t10-/m0/s1. The van der Waals surface area contributed by atoms with Crippen LogP contribution in [0.1, 0.15) is 51.9 Å². The molecule has 86 valence electrons. The maximum Gasteiger partial charge on any atom is 0.237 e. The van der Waals surface area contributed by atoms with E-state index in [1.807, 2.05) is 0 Å². The van der Waals surface area contributed by atoms with Gasteiger partial charge in [-0.1, -0.05) is 19.3 Å². The molecule has 0 aromatic carbocycles. The van der Waals surface area contributed by atoms with E-state index in [0.717, 1.165) is 25.8 Å². The molecule has 1 saturated carbocycles. The first-order valence-corrected chi connectivity index (χ1v) is 6.25. The van der Waals surface area contributed by atoms with E-state index in [4.69, 9.17) is 0 Å². The van der Waals surface area contributed by atoms with Crippen molar-refractivity contribution >= 4 is 5.91 Å². The Morgan fingerprint density at radius 2 is 2.00 bits per heavy atom. The van der Waals surface area contributed by atoms with Gasteiger partial charge in [-0.2, -0.15) is 0 Å². The van der Waals surface area contributed by atoms with Crippen molar-refractivity contribution in [3.8, 4) is 0 Å². The van der Waals surface area contributed by atoms with E-state index in [-0.39, 0.29) is 17.5 Å². The number of amides is 1. The van der Waals surface area contributed by atoms with Crippen LogP contribution < -0.4 is 10.6 Å². The normalized spacial score (nSPS) is 30.1. The first-order chi connectivity index (χ1) is 7.20. The van der Waals surface area contributed by atoms with E-state index in [9.17, 15) is 4.79 Å². The predicted molar refractivity (Wildman–Crippen MR) is 60.7 cm³/mol. The number of carbonyl (C=O) groups excluding carboxylic acids is 1. The molecule has 1 heterocycles. The van der Waals surface area contributed by atoms with Crippen molar-refractivity contribution in [2.45, 2.75) is 63.5 Å². The van der Waals surface area contributed by atoms with Crippen LogP contribution in [0.15, 0.2) is 0 Å². The van der Waals surface area contributed by atoms with Crippen LogP contribution in [-0.4, -0.2) is 24.0 Å². The first-order valence-electron chi connectivity index (χ1n) is 6.25. The van der Waals surface area contributed by atoms with E-state index in [2.05, 4.69) is 17.6 Å². The van der Waals surface area contributed by atoms with Gasteiger partial charge in [0.25, 0.3) is 0 Å². The number of hydrogen-bond acceptors (Lipinski definition) is 2.